The highest BCUT2D eigenvalue weighted by molar-refractivity contribution is 5.78. The van der Waals surface area contributed by atoms with Crippen LogP contribution >= 0.6 is 0 Å². The molecule has 0 spiro atoms. The molecule has 148 valence electrons. The van der Waals surface area contributed by atoms with E-state index >= 15 is 0 Å². The highest BCUT2D eigenvalue weighted by Gasteiger charge is 2.23. The van der Waals surface area contributed by atoms with Crippen molar-refractivity contribution in [1.29, 1.82) is 0 Å². The molecule has 0 aliphatic carbocycles. The Balaban J connectivity index is 1.57. The van der Waals surface area contributed by atoms with Gasteiger partial charge in [-0.2, -0.15) is 0 Å². The van der Waals surface area contributed by atoms with Gasteiger partial charge in [0.1, 0.15) is 12.1 Å². The first-order valence-corrected chi connectivity index (χ1v) is 9.84. The molecule has 1 aliphatic rings. The number of piperazine rings is 1. The van der Waals surface area contributed by atoms with Gasteiger partial charge in [0.2, 0.25) is 5.91 Å². The molecule has 0 saturated carbocycles. The second-order valence-corrected chi connectivity index (χ2v) is 8.15. The van der Waals surface area contributed by atoms with E-state index in [9.17, 15) is 4.79 Å². The van der Waals surface area contributed by atoms with Crippen molar-refractivity contribution in [1.82, 2.24) is 29.4 Å². The third kappa shape index (κ3) is 4.94. The van der Waals surface area contributed by atoms with Crippen LogP contribution in [0.15, 0.2) is 18.6 Å². The maximum Gasteiger partial charge on any atom is 0.256 e. The van der Waals surface area contributed by atoms with Gasteiger partial charge in [-0.1, -0.05) is 27.7 Å². The minimum atomic E-state index is 0.246. The first-order chi connectivity index (χ1) is 12.9. The topological polar surface area (TPSA) is 69.9 Å². The van der Waals surface area contributed by atoms with Crippen LogP contribution in [0.2, 0.25) is 0 Å². The van der Waals surface area contributed by atoms with Crippen molar-refractivity contribution in [2.45, 2.75) is 27.7 Å². The highest BCUT2D eigenvalue weighted by atomic mass is 16.2. The molecule has 0 N–H and O–H groups in total. The van der Waals surface area contributed by atoms with Crippen molar-refractivity contribution in [2.24, 2.45) is 11.8 Å². The number of fused-ring (bicyclic) bond motifs is 1. The van der Waals surface area contributed by atoms with Crippen LogP contribution in [0.4, 0.5) is 5.82 Å². The van der Waals surface area contributed by atoms with Gasteiger partial charge in [0.15, 0.2) is 0 Å². The van der Waals surface area contributed by atoms with Crippen LogP contribution in [-0.4, -0.2) is 81.1 Å². The SMILES string of the molecule is CC(C)CN(CC(C)C)C(=O)CN1CCN(c2ccnc3nncn23)CC1. The van der Waals surface area contributed by atoms with Crippen LogP contribution in [0.1, 0.15) is 27.7 Å². The van der Waals surface area contributed by atoms with Crippen LogP contribution in [0.25, 0.3) is 5.78 Å². The summed E-state index contributed by atoms with van der Waals surface area (Å²) in [4.78, 5) is 23.6. The zero-order valence-electron chi connectivity index (χ0n) is 16.9. The van der Waals surface area contributed by atoms with E-state index in [1.807, 2.05) is 15.4 Å². The summed E-state index contributed by atoms with van der Waals surface area (Å²) < 4.78 is 1.91. The summed E-state index contributed by atoms with van der Waals surface area (Å²) in [6.07, 6.45) is 3.47. The lowest BCUT2D eigenvalue weighted by Gasteiger charge is -2.37. The zero-order chi connectivity index (χ0) is 19.4. The fraction of sp³-hybridized carbons (Fsp3) is 0.684. The Kier molecular flexibility index (Phi) is 6.26. The average Bonchev–Trinajstić information content (AvgIpc) is 3.10. The molecule has 2 aromatic rings. The van der Waals surface area contributed by atoms with Gasteiger partial charge in [-0.15, -0.1) is 10.2 Å². The third-order valence-corrected chi connectivity index (χ3v) is 4.77. The van der Waals surface area contributed by atoms with Crippen LogP contribution in [-0.2, 0) is 4.79 Å². The fourth-order valence-electron chi connectivity index (χ4n) is 3.57. The van der Waals surface area contributed by atoms with Crippen LogP contribution in [0, 0.1) is 11.8 Å². The van der Waals surface area contributed by atoms with Crippen molar-refractivity contribution in [3.8, 4) is 0 Å². The number of carbonyl (C=O) groups is 1. The molecule has 2 aromatic heterocycles. The van der Waals surface area contributed by atoms with E-state index in [4.69, 9.17) is 0 Å². The lowest BCUT2D eigenvalue weighted by atomic mass is 10.1. The minimum Gasteiger partial charge on any atom is -0.355 e. The van der Waals surface area contributed by atoms with E-state index < -0.39 is 0 Å². The molecule has 0 atom stereocenters. The van der Waals surface area contributed by atoms with Crippen molar-refractivity contribution < 1.29 is 4.79 Å². The molecule has 0 aromatic carbocycles. The van der Waals surface area contributed by atoms with Gasteiger partial charge in [0.25, 0.3) is 5.78 Å². The van der Waals surface area contributed by atoms with Crippen LogP contribution < -0.4 is 4.90 Å². The van der Waals surface area contributed by atoms with E-state index in [0.29, 0.717) is 24.2 Å². The molecule has 27 heavy (non-hydrogen) atoms. The van der Waals surface area contributed by atoms with Crippen molar-refractivity contribution in [3.05, 3.63) is 18.6 Å². The van der Waals surface area contributed by atoms with E-state index in [0.717, 1.165) is 45.1 Å². The number of nitrogens with zero attached hydrogens (tertiary/aromatic N) is 7. The number of hydrogen-bond donors (Lipinski definition) is 0. The molecule has 0 radical (unpaired) electrons. The molecule has 0 unspecified atom stereocenters. The molecule has 8 nitrogen and oxygen atoms in total. The quantitative estimate of drug-likeness (QED) is 0.730. The normalized spacial score (nSPS) is 15.9. The molecule has 1 aliphatic heterocycles. The molecule has 3 rings (SSSR count). The van der Waals surface area contributed by atoms with E-state index in [2.05, 4.69) is 52.7 Å². The number of amides is 1. The molecule has 1 amide bonds. The van der Waals surface area contributed by atoms with Gasteiger partial charge in [-0.05, 0) is 17.9 Å². The Morgan fingerprint density at radius 2 is 1.78 bits per heavy atom. The predicted molar refractivity (Wildman–Crippen MR) is 106 cm³/mol. The zero-order valence-corrected chi connectivity index (χ0v) is 16.9. The van der Waals surface area contributed by atoms with E-state index in [1.54, 1.807) is 12.5 Å². The Morgan fingerprint density at radius 3 is 2.41 bits per heavy atom. The molecule has 8 heteroatoms. The molecule has 3 heterocycles. The fourth-order valence-corrected chi connectivity index (χ4v) is 3.57. The summed E-state index contributed by atoms with van der Waals surface area (Å²) in [5, 5.41) is 7.95. The summed E-state index contributed by atoms with van der Waals surface area (Å²) in [5.41, 5.74) is 0. The average molecular weight is 374 g/mol. The monoisotopic (exact) mass is 373 g/mol. The maximum absolute atomic E-state index is 12.8. The molecule has 1 fully saturated rings. The van der Waals surface area contributed by atoms with Gasteiger partial charge in [0, 0.05) is 45.5 Å². The van der Waals surface area contributed by atoms with Crippen molar-refractivity contribution in [3.63, 3.8) is 0 Å². The standard InChI is InChI=1S/C19H31N7O/c1-15(2)11-25(12-16(3)4)18(27)13-23-7-9-24(10-8-23)17-5-6-20-19-22-21-14-26(17)19/h5-6,14-16H,7-13H2,1-4H3. The number of aromatic nitrogens is 4. The number of carbonyl (C=O) groups excluding carboxylic acids is 1. The van der Waals surface area contributed by atoms with Crippen LogP contribution in [0.5, 0.6) is 0 Å². The minimum absolute atomic E-state index is 0.246. The van der Waals surface area contributed by atoms with E-state index in [1.165, 1.54) is 0 Å². The first-order valence-electron chi connectivity index (χ1n) is 9.84. The van der Waals surface area contributed by atoms with E-state index in [-0.39, 0.29) is 5.91 Å². The summed E-state index contributed by atoms with van der Waals surface area (Å²) in [6, 6.07) is 1.99. The molecular formula is C19H31N7O. The Hall–Kier alpha value is -2.22. The second-order valence-electron chi connectivity index (χ2n) is 8.15. The molecule has 1 saturated heterocycles. The maximum atomic E-state index is 12.8. The summed E-state index contributed by atoms with van der Waals surface area (Å²) in [7, 11) is 0. The van der Waals surface area contributed by atoms with Gasteiger partial charge in [-0.25, -0.2) is 4.98 Å². The summed E-state index contributed by atoms with van der Waals surface area (Å²) >= 11 is 0. The largest absolute Gasteiger partial charge is 0.355 e. The third-order valence-electron chi connectivity index (χ3n) is 4.77. The number of anilines is 1. The molecule has 0 bridgehead atoms. The Bertz CT molecular complexity index is 739. The Labute approximate surface area is 161 Å². The summed E-state index contributed by atoms with van der Waals surface area (Å²) in [5.74, 6) is 2.89. The lowest BCUT2D eigenvalue weighted by Crippen LogP contribution is -2.51. The van der Waals surface area contributed by atoms with Crippen molar-refractivity contribution >= 4 is 17.5 Å². The Morgan fingerprint density at radius 1 is 1.11 bits per heavy atom. The second kappa shape index (κ2) is 8.65. The molecular weight excluding hydrogens is 342 g/mol. The highest BCUT2D eigenvalue weighted by Crippen LogP contribution is 2.16. The van der Waals surface area contributed by atoms with Gasteiger partial charge in [0.05, 0.1) is 6.54 Å². The van der Waals surface area contributed by atoms with Gasteiger partial charge >= 0.3 is 0 Å². The lowest BCUT2D eigenvalue weighted by molar-refractivity contribution is -0.133. The summed E-state index contributed by atoms with van der Waals surface area (Å²) in [6.45, 7) is 14.3. The van der Waals surface area contributed by atoms with Crippen molar-refractivity contribution in [2.75, 3.05) is 50.7 Å². The van der Waals surface area contributed by atoms with Gasteiger partial charge in [-0.3, -0.25) is 14.1 Å². The predicted octanol–water partition coefficient (Wildman–Crippen LogP) is 1.39. The van der Waals surface area contributed by atoms with Gasteiger partial charge < -0.3 is 9.80 Å². The number of rotatable bonds is 7. The first kappa shape index (κ1) is 19.5. The number of hydrogen-bond acceptors (Lipinski definition) is 6. The smallest absolute Gasteiger partial charge is 0.256 e. The van der Waals surface area contributed by atoms with Crippen LogP contribution in [0.3, 0.4) is 0 Å².